The minimum absolute atomic E-state index is 0.652. The van der Waals surface area contributed by atoms with Crippen LogP contribution in [0.2, 0.25) is 0 Å². The molecule has 0 amide bonds. The van der Waals surface area contributed by atoms with Crippen LogP contribution >= 0.6 is 0 Å². The van der Waals surface area contributed by atoms with Gasteiger partial charge in [-0.3, -0.25) is 0 Å². The van der Waals surface area contributed by atoms with Crippen LogP contribution in [0.3, 0.4) is 0 Å². The second-order valence-corrected chi connectivity index (χ2v) is 5.00. The lowest BCUT2D eigenvalue weighted by molar-refractivity contribution is 0.0927. The second-order valence-electron chi connectivity index (χ2n) is 5.00. The number of hydrogen-bond acceptors (Lipinski definition) is 2. The van der Waals surface area contributed by atoms with Gasteiger partial charge in [0.25, 0.3) is 0 Å². The Labute approximate surface area is 95.3 Å². The summed E-state index contributed by atoms with van der Waals surface area (Å²) in [6.45, 7) is 12.3. The van der Waals surface area contributed by atoms with E-state index in [0.29, 0.717) is 11.8 Å². The molecular weight excluding hydrogens is 188 g/mol. The highest BCUT2D eigenvalue weighted by Gasteiger charge is 1.95. The van der Waals surface area contributed by atoms with E-state index in [4.69, 9.17) is 9.47 Å². The maximum atomic E-state index is 5.50. The van der Waals surface area contributed by atoms with Crippen LogP contribution in [0.5, 0.6) is 0 Å². The number of rotatable bonds is 10. The summed E-state index contributed by atoms with van der Waals surface area (Å²) in [4.78, 5) is 0. The molecule has 0 aliphatic rings. The molecule has 0 radical (unpaired) electrons. The van der Waals surface area contributed by atoms with Gasteiger partial charge in [0.15, 0.2) is 0 Å². The van der Waals surface area contributed by atoms with Crippen LogP contribution in [0.25, 0.3) is 0 Å². The highest BCUT2D eigenvalue weighted by molar-refractivity contribution is 4.44. The Bertz CT molecular complexity index is 108. The first-order valence-corrected chi connectivity index (χ1v) is 6.28. The Morgan fingerprint density at radius 3 is 1.40 bits per heavy atom. The largest absolute Gasteiger partial charge is 0.381 e. The van der Waals surface area contributed by atoms with Crippen LogP contribution in [-0.2, 0) is 9.47 Å². The summed E-state index contributed by atoms with van der Waals surface area (Å²) in [5.41, 5.74) is 0. The van der Waals surface area contributed by atoms with Crippen LogP contribution in [0.15, 0.2) is 0 Å². The van der Waals surface area contributed by atoms with Crippen molar-refractivity contribution in [3.63, 3.8) is 0 Å². The molecule has 0 atom stereocenters. The predicted molar refractivity (Wildman–Crippen MR) is 65.2 cm³/mol. The maximum absolute atomic E-state index is 5.50. The normalized spacial score (nSPS) is 11.6. The first kappa shape index (κ1) is 14.9. The molecule has 0 aromatic rings. The zero-order valence-corrected chi connectivity index (χ0v) is 10.9. The van der Waals surface area contributed by atoms with Crippen molar-refractivity contribution in [1.29, 1.82) is 0 Å². The van der Waals surface area contributed by atoms with Gasteiger partial charge in [0.2, 0.25) is 0 Å². The van der Waals surface area contributed by atoms with Crippen molar-refractivity contribution in [3.8, 4) is 0 Å². The molecule has 0 spiro atoms. The predicted octanol–water partition coefficient (Wildman–Crippen LogP) is 3.50. The molecule has 0 aliphatic heterocycles. The van der Waals surface area contributed by atoms with Gasteiger partial charge in [0.1, 0.15) is 0 Å². The average molecular weight is 216 g/mol. The summed E-state index contributed by atoms with van der Waals surface area (Å²) in [6.07, 6.45) is 3.55. The second kappa shape index (κ2) is 10.4. The van der Waals surface area contributed by atoms with Gasteiger partial charge in [0.05, 0.1) is 0 Å². The summed E-state index contributed by atoms with van der Waals surface area (Å²) in [5, 5.41) is 0. The lowest BCUT2D eigenvalue weighted by Gasteiger charge is -2.07. The molecule has 0 aliphatic carbocycles. The maximum Gasteiger partial charge on any atom is 0.0488 e. The van der Waals surface area contributed by atoms with E-state index in [9.17, 15) is 0 Å². The summed E-state index contributed by atoms with van der Waals surface area (Å²) >= 11 is 0. The van der Waals surface area contributed by atoms with Crippen LogP contribution < -0.4 is 0 Å². The van der Waals surface area contributed by atoms with Crippen molar-refractivity contribution in [2.24, 2.45) is 11.8 Å². The SMILES string of the molecule is CC(C)COCCCCCOCC(C)C. The smallest absolute Gasteiger partial charge is 0.0488 e. The Morgan fingerprint density at radius 1 is 0.667 bits per heavy atom. The molecule has 15 heavy (non-hydrogen) atoms. The monoisotopic (exact) mass is 216 g/mol. The van der Waals surface area contributed by atoms with Crippen molar-refractivity contribution in [1.82, 2.24) is 0 Å². The third-order valence-corrected chi connectivity index (χ3v) is 1.98. The van der Waals surface area contributed by atoms with E-state index >= 15 is 0 Å². The molecule has 92 valence electrons. The minimum Gasteiger partial charge on any atom is -0.381 e. The first-order valence-electron chi connectivity index (χ1n) is 6.28. The van der Waals surface area contributed by atoms with Gasteiger partial charge < -0.3 is 9.47 Å². The highest BCUT2D eigenvalue weighted by atomic mass is 16.5. The van der Waals surface area contributed by atoms with E-state index in [-0.39, 0.29) is 0 Å². The van der Waals surface area contributed by atoms with E-state index in [2.05, 4.69) is 27.7 Å². The molecule has 0 aromatic heterocycles. The zero-order chi connectivity index (χ0) is 11.5. The quantitative estimate of drug-likeness (QED) is 0.520. The topological polar surface area (TPSA) is 18.5 Å². The van der Waals surface area contributed by atoms with Crippen LogP contribution in [0.4, 0.5) is 0 Å². The molecule has 0 fully saturated rings. The van der Waals surface area contributed by atoms with E-state index in [1.54, 1.807) is 0 Å². The molecule has 0 heterocycles. The van der Waals surface area contributed by atoms with Gasteiger partial charge in [-0.2, -0.15) is 0 Å². The van der Waals surface area contributed by atoms with Crippen LogP contribution in [0, 0.1) is 11.8 Å². The Kier molecular flexibility index (Phi) is 10.4. The van der Waals surface area contributed by atoms with Gasteiger partial charge >= 0.3 is 0 Å². The molecule has 0 saturated carbocycles. The number of ether oxygens (including phenoxy) is 2. The number of hydrogen-bond donors (Lipinski definition) is 0. The van der Waals surface area contributed by atoms with Crippen molar-refractivity contribution in [3.05, 3.63) is 0 Å². The van der Waals surface area contributed by atoms with E-state index in [1.165, 1.54) is 6.42 Å². The van der Waals surface area contributed by atoms with Gasteiger partial charge in [0, 0.05) is 26.4 Å². The average Bonchev–Trinajstić information content (AvgIpc) is 2.14. The molecular formula is C13H28O2. The zero-order valence-electron chi connectivity index (χ0n) is 10.9. The minimum atomic E-state index is 0.652. The molecule has 0 rings (SSSR count). The summed E-state index contributed by atoms with van der Waals surface area (Å²) < 4.78 is 11.0. The molecule has 0 aromatic carbocycles. The Morgan fingerprint density at radius 2 is 1.07 bits per heavy atom. The van der Waals surface area contributed by atoms with Crippen molar-refractivity contribution >= 4 is 0 Å². The molecule has 0 bridgehead atoms. The van der Waals surface area contributed by atoms with Gasteiger partial charge in [-0.25, -0.2) is 0 Å². The fourth-order valence-corrected chi connectivity index (χ4v) is 1.22. The summed E-state index contributed by atoms with van der Waals surface area (Å²) in [7, 11) is 0. The number of unbranched alkanes of at least 4 members (excludes halogenated alkanes) is 2. The fourth-order valence-electron chi connectivity index (χ4n) is 1.22. The molecule has 0 N–H and O–H groups in total. The van der Waals surface area contributed by atoms with E-state index in [0.717, 1.165) is 39.3 Å². The Hall–Kier alpha value is -0.0800. The lowest BCUT2D eigenvalue weighted by atomic mass is 10.2. The third-order valence-electron chi connectivity index (χ3n) is 1.98. The van der Waals surface area contributed by atoms with Gasteiger partial charge in [-0.05, 0) is 31.1 Å². The van der Waals surface area contributed by atoms with Crippen molar-refractivity contribution < 1.29 is 9.47 Å². The molecule has 0 saturated heterocycles. The van der Waals surface area contributed by atoms with Crippen LogP contribution in [-0.4, -0.2) is 26.4 Å². The molecule has 0 unspecified atom stereocenters. The summed E-state index contributed by atoms with van der Waals surface area (Å²) in [6, 6.07) is 0. The van der Waals surface area contributed by atoms with Crippen LogP contribution in [0.1, 0.15) is 47.0 Å². The lowest BCUT2D eigenvalue weighted by Crippen LogP contribution is -2.05. The highest BCUT2D eigenvalue weighted by Crippen LogP contribution is 2.00. The summed E-state index contributed by atoms with van der Waals surface area (Å²) in [5.74, 6) is 1.30. The molecule has 2 heteroatoms. The standard InChI is InChI=1S/C13H28O2/c1-12(2)10-14-8-6-5-7-9-15-11-13(3)4/h12-13H,5-11H2,1-4H3. The van der Waals surface area contributed by atoms with E-state index < -0.39 is 0 Å². The van der Waals surface area contributed by atoms with Gasteiger partial charge in [-0.15, -0.1) is 0 Å². The third kappa shape index (κ3) is 13.9. The Balaban J connectivity index is 2.93. The van der Waals surface area contributed by atoms with E-state index in [1.807, 2.05) is 0 Å². The van der Waals surface area contributed by atoms with Crippen molar-refractivity contribution in [2.45, 2.75) is 47.0 Å². The van der Waals surface area contributed by atoms with Gasteiger partial charge in [-0.1, -0.05) is 27.7 Å². The van der Waals surface area contributed by atoms with Crippen molar-refractivity contribution in [2.75, 3.05) is 26.4 Å². The fraction of sp³-hybridized carbons (Fsp3) is 1.00. The molecule has 2 nitrogen and oxygen atoms in total. The first-order chi connectivity index (χ1) is 7.13.